The van der Waals surface area contributed by atoms with E-state index in [9.17, 15) is 13.2 Å². The Morgan fingerprint density at radius 1 is 1.14 bits per heavy atom. The molecule has 0 N–H and O–H groups in total. The lowest BCUT2D eigenvalue weighted by atomic mass is 10.2. The first-order valence-corrected chi connectivity index (χ1v) is 8.86. The van der Waals surface area contributed by atoms with E-state index in [0.717, 1.165) is 5.69 Å². The molecule has 1 aromatic carbocycles. The molecule has 7 nitrogen and oxygen atoms in total. The topological polar surface area (TPSA) is 75.5 Å². The summed E-state index contributed by atoms with van der Waals surface area (Å²) < 4.78 is 26.0. The second-order valence-corrected chi connectivity index (χ2v) is 7.49. The standard InChI is InChI=1S/C14H18N4O3S/c1-16-10-15-13-9-11(3-4-12(13)14(16)19)17-5-7-18(8-6-17)22(2,20)21/h3-4,9-10H,5-8H2,1-2H3. The van der Waals surface area contributed by atoms with Crippen LogP contribution in [0.3, 0.4) is 0 Å². The van der Waals surface area contributed by atoms with Gasteiger partial charge in [-0.1, -0.05) is 0 Å². The summed E-state index contributed by atoms with van der Waals surface area (Å²) in [5, 5.41) is 0.587. The zero-order valence-electron chi connectivity index (χ0n) is 12.6. The molecule has 0 radical (unpaired) electrons. The predicted octanol–water partition coefficient (Wildman–Crippen LogP) is 0.0151. The van der Waals surface area contributed by atoms with Crippen LogP contribution in [0.15, 0.2) is 29.3 Å². The van der Waals surface area contributed by atoms with Gasteiger partial charge in [-0.25, -0.2) is 13.4 Å². The smallest absolute Gasteiger partial charge is 0.260 e. The molecule has 3 rings (SSSR count). The Labute approximate surface area is 128 Å². The SMILES string of the molecule is Cn1cnc2cc(N3CCN(S(C)(=O)=O)CC3)ccc2c1=O. The Hall–Kier alpha value is -1.93. The van der Waals surface area contributed by atoms with Gasteiger partial charge < -0.3 is 9.47 Å². The maximum Gasteiger partial charge on any atom is 0.260 e. The summed E-state index contributed by atoms with van der Waals surface area (Å²) in [7, 11) is -1.45. The zero-order valence-corrected chi connectivity index (χ0v) is 13.4. The molecule has 22 heavy (non-hydrogen) atoms. The Morgan fingerprint density at radius 2 is 1.82 bits per heavy atom. The fourth-order valence-corrected chi connectivity index (χ4v) is 3.50. The van der Waals surface area contributed by atoms with E-state index in [1.807, 2.05) is 12.1 Å². The molecule has 1 aromatic heterocycles. The number of piperazine rings is 1. The van der Waals surface area contributed by atoms with Crippen LogP contribution in [0, 0.1) is 0 Å². The van der Waals surface area contributed by atoms with Crippen molar-refractivity contribution in [1.29, 1.82) is 0 Å². The molecule has 118 valence electrons. The second kappa shape index (κ2) is 5.36. The van der Waals surface area contributed by atoms with E-state index in [4.69, 9.17) is 0 Å². The normalized spacial score (nSPS) is 17.1. The number of hydrogen-bond acceptors (Lipinski definition) is 5. The van der Waals surface area contributed by atoms with Gasteiger partial charge in [0.05, 0.1) is 23.5 Å². The molecule has 1 aliphatic rings. The summed E-state index contributed by atoms with van der Waals surface area (Å²) in [6.45, 7) is 2.20. The van der Waals surface area contributed by atoms with Gasteiger partial charge >= 0.3 is 0 Å². The third-order valence-corrected chi connectivity index (χ3v) is 5.28. The van der Waals surface area contributed by atoms with E-state index < -0.39 is 10.0 Å². The van der Waals surface area contributed by atoms with Gasteiger partial charge in [0, 0.05) is 38.9 Å². The highest BCUT2D eigenvalue weighted by Gasteiger charge is 2.23. The minimum absolute atomic E-state index is 0.0709. The van der Waals surface area contributed by atoms with Crippen molar-refractivity contribution in [3.05, 3.63) is 34.9 Å². The van der Waals surface area contributed by atoms with E-state index >= 15 is 0 Å². The van der Waals surface area contributed by atoms with E-state index in [1.165, 1.54) is 21.5 Å². The monoisotopic (exact) mass is 322 g/mol. The van der Waals surface area contributed by atoms with Gasteiger partial charge in [0.2, 0.25) is 10.0 Å². The molecule has 0 atom stereocenters. The highest BCUT2D eigenvalue weighted by Crippen LogP contribution is 2.20. The summed E-state index contributed by atoms with van der Waals surface area (Å²) in [4.78, 5) is 18.4. The minimum atomic E-state index is -3.13. The van der Waals surface area contributed by atoms with Gasteiger partial charge in [-0.15, -0.1) is 0 Å². The average Bonchev–Trinajstić information content (AvgIpc) is 2.50. The highest BCUT2D eigenvalue weighted by molar-refractivity contribution is 7.88. The van der Waals surface area contributed by atoms with Crippen molar-refractivity contribution in [3.8, 4) is 0 Å². The fourth-order valence-electron chi connectivity index (χ4n) is 2.67. The lowest BCUT2D eigenvalue weighted by Crippen LogP contribution is -2.48. The molecule has 0 spiro atoms. The lowest BCUT2D eigenvalue weighted by molar-refractivity contribution is 0.388. The molecule has 0 bridgehead atoms. The predicted molar refractivity (Wildman–Crippen MR) is 85.6 cm³/mol. The van der Waals surface area contributed by atoms with Crippen LogP contribution in [-0.2, 0) is 17.1 Å². The van der Waals surface area contributed by atoms with Crippen LogP contribution in [0.5, 0.6) is 0 Å². The first-order valence-electron chi connectivity index (χ1n) is 7.02. The van der Waals surface area contributed by atoms with Crippen molar-refractivity contribution < 1.29 is 8.42 Å². The molecule has 0 amide bonds. The first-order chi connectivity index (χ1) is 10.4. The number of rotatable bonds is 2. The van der Waals surface area contributed by atoms with Crippen LogP contribution in [0.2, 0.25) is 0 Å². The van der Waals surface area contributed by atoms with E-state index in [2.05, 4.69) is 9.88 Å². The lowest BCUT2D eigenvalue weighted by Gasteiger charge is -2.34. The molecule has 1 aliphatic heterocycles. The number of anilines is 1. The number of nitrogens with zero attached hydrogens (tertiary/aromatic N) is 4. The Balaban J connectivity index is 1.86. The maximum absolute atomic E-state index is 12.0. The number of aryl methyl sites for hydroxylation is 1. The van der Waals surface area contributed by atoms with E-state index in [-0.39, 0.29) is 5.56 Å². The molecule has 1 saturated heterocycles. The first kappa shape index (κ1) is 15.0. The maximum atomic E-state index is 12.0. The molecular formula is C14H18N4O3S. The zero-order chi connectivity index (χ0) is 15.9. The van der Waals surface area contributed by atoms with Crippen LogP contribution >= 0.6 is 0 Å². The molecule has 1 fully saturated rings. The van der Waals surface area contributed by atoms with Gasteiger partial charge in [0.25, 0.3) is 5.56 Å². The molecule has 8 heteroatoms. The molecule has 2 heterocycles. The molecule has 2 aromatic rings. The summed E-state index contributed by atoms with van der Waals surface area (Å²) in [5.74, 6) is 0. The molecular weight excluding hydrogens is 304 g/mol. The summed E-state index contributed by atoms with van der Waals surface area (Å²) in [6.07, 6.45) is 2.74. The summed E-state index contributed by atoms with van der Waals surface area (Å²) >= 11 is 0. The van der Waals surface area contributed by atoms with Crippen molar-refractivity contribution in [2.24, 2.45) is 7.05 Å². The van der Waals surface area contributed by atoms with Gasteiger partial charge in [0.1, 0.15) is 0 Å². The van der Waals surface area contributed by atoms with Crippen LogP contribution in [-0.4, -0.2) is 54.7 Å². The number of aromatic nitrogens is 2. The van der Waals surface area contributed by atoms with Crippen LogP contribution < -0.4 is 10.5 Å². The fraction of sp³-hybridized carbons (Fsp3) is 0.429. The average molecular weight is 322 g/mol. The number of fused-ring (bicyclic) bond motifs is 1. The summed E-state index contributed by atoms with van der Waals surface area (Å²) in [6, 6.07) is 5.55. The number of hydrogen-bond donors (Lipinski definition) is 0. The van der Waals surface area contributed by atoms with Crippen molar-refractivity contribution in [3.63, 3.8) is 0 Å². The van der Waals surface area contributed by atoms with Crippen molar-refractivity contribution in [2.45, 2.75) is 0 Å². The quantitative estimate of drug-likeness (QED) is 0.779. The number of benzene rings is 1. The van der Waals surface area contributed by atoms with Gasteiger partial charge in [-0.2, -0.15) is 4.31 Å². The Kier molecular flexibility index (Phi) is 3.65. The van der Waals surface area contributed by atoms with Crippen molar-refractivity contribution >= 4 is 26.6 Å². The van der Waals surface area contributed by atoms with Crippen LogP contribution in [0.25, 0.3) is 10.9 Å². The van der Waals surface area contributed by atoms with Crippen molar-refractivity contribution in [1.82, 2.24) is 13.9 Å². The molecule has 0 aliphatic carbocycles. The van der Waals surface area contributed by atoms with E-state index in [1.54, 1.807) is 13.1 Å². The molecule has 0 unspecified atom stereocenters. The third-order valence-electron chi connectivity index (χ3n) is 3.97. The van der Waals surface area contributed by atoms with Crippen LogP contribution in [0.1, 0.15) is 0 Å². The second-order valence-electron chi connectivity index (χ2n) is 5.51. The Morgan fingerprint density at radius 3 is 2.45 bits per heavy atom. The Bertz CT molecular complexity index is 867. The van der Waals surface area contributed by atoms with E-state index in [0.29, 0.717) is 37.1 Å². The van der Waals surface area contributed by atoms with Crippen molar-refractivity contribution in [2.75, 3.05) is 37.3 Å². The van der Waals surface area contributed by atoms with Crippen LogP contribution in [0.4, 0.5) is 5.69 Å². The van der Waals surface area contributed by atoms with Gasteiger partial charge in [0.15, 0.2) is 0 Å². The largest absolute Gasteiger partial charge is 0.369 e. The summed E-state index contributed by atoms with van der Waals surface area (Å²) in [5.41, 5.74) is 1.55. The number of sulfonamides is 1. The van der Waals surface area contributed by atoms with Gasteiger partial charge in [-0.3, -0.25) is 4.79 Å². The van der Waals surface area contributed by atoms with Gasteiger partial charge in [-0.05, 0) is 18.2 Å². The highest BCUT2D eigenvalue weighted by atomic mass is 32.2. The third kappa shape index (κ3) is 2.71. The molecule has 0 saturated carbocycles. The minimum Gasteiger partial charge on any atom is -0.369 e.